The summed E-state index contributed by atoms with van der Waals surface area (Å²) in [4.78, 5) is 1.60. The molecule has 1 aromatic carbocycles. The molecule has 1 heterocycles. The number of hydrogen-bond donors (Lipinski definition) is 1. The van der Waals surface area contributed by atoms with Gasteiger partial charge in [0.2, 0.25) is 0 Å². The summed E-state index contributed by atoms with van der Waals surface area (Å²) < 4.78 is 30.1. The molecule has 0 amide bonds. The van der Waals surface area contributed by atoms with Gasteiger partial charge in [-0.3, -0.25) is 4.90 Å². The van der Waals surface area contributed by atoms with Crippen molar-refractivity contribution in [3.8, 4) is 5.75 Å². The van der Waals surface area contributed by atoms with Crippen LogP contribution in [0.5, 0.6) is 5.75 Å². The minimum Gasteiger partial charge on any atom is -0.489 e. The van der Waals surface area contributed by atoms with E-state index in [2.05, 4.69) is 5.32 Å². The summed E-state index contributed by atoms with van der Waals surface area (Å²) in [6, 6.07) is 5.75. The second kappa shape index (κ2) is 5.31. The molecule has 0 saturated carbocycles. The fraction of sp³-hybridized carbons (Fsp3) is 0.500. The topological polar surface area (TPSA) is 24.5 Å². The van der Waals surface area contributed by atoms with Gasteiger partial charge in [-0.05, 0) is 13.1 Å². The average Bonchev–Trinajstić information content (AvgIpc) is 2.28. The molecule has 0 radical (unpaired) electrons. The molecule has 0 aliphatic carbocycles. The third kappa shape index (κ3) is 3.06. The number of hydrogen-bond acceptors (Lipinski definition) is 3. The Kier molecular flexibility index (Phi) is 3.78. The quantitative estimate of drug-likeness (QED) is 0.876. The second-order valence-corrected chi connectivity index (χ2v) is 4.16. The van der Waals surface area contributed by atoms with Crippen molar-refractivity contribution in [1.82, 2.24) is 4.90 Å². The van der Waals surface area contributed by atoms with Crippen molar-refractivity contribution in [2.45, 2.75) is 13.0 Å². The zero-order chi connectivity index (χ0) is 12.3. The van der Waals surface area contributed by atoms with Crippen molar-refractivity contribution in [3.05, 3.63) is 23.8 Å². The van der Waals surface area contributed by atoms with Crippen LogP contribution in [0.1, 0.15) is 5.56 Å². The summed E-state index contributed by atoms with van der Waals surface area (Å²) in [6.45, 7) is 1.64. The Morgan fingerprint density at radius 1 is 1.47 bits per heavy atom. The molecule has 0 saturated heterocycles. The predicted molar refractivity (Wildman–Crippen MR) is 62.8 cm³/mol. The number of para-hydroxylation sites is 1. The molecule has 0 unspecified atom stereocenters. The molecule has 3 nitrogen and oxygen atoms in total. The molecule has 94 valence electrons. The first-order chi connectivity index (χ1) is 8.16. The third-order valence-corrected chi connectivity index (χ3v) is 2.65. The molecule has 17 heavy (non-hydrogen) atoms. The molecule has 0 spiro atoms. The molecular formula is C12H16F2N2O. The summed E-state index contributed by atoms with van der Waals surface area (Å²) in [7, 11) is 1.68. The molecule has 0 bridgehead atoms. The van der Waals surface area contributed by atoms with E-state index >= 15 is 0 Å². The van der Waals surface area contributed by atoms with Crippen molar-refractivity contribution in [2.24, 2.45) is 0 Å². The Morgan fingerprint density at radius 2 is 2.29 bits per heavy atom. The van der Waals surface area contributed by atoms with Gasteiger partial charge in [0.05, 0.1) is 12.2 Å². The Hall–Kier alpha value is -1.36. The van der Waals surface area contributed by atoms with E-state index in [1.165, 1.54) is 0 Å². The maximum atomic E-state index is 12.2. The molecule has 2 rings (SSSR count). The highest BCUT2D eigenvalue weighted by molar-refractivity contribution is 5.61. The van der Waals surface area contributed by atoms with E-state index in [1.807, 2.05) is 18.2 Å². The lowest BCUT2D eigenvalue weighted by molar-refractivity contribution is 0.0970. The number of anilines is 1. The fourth-order valence-electron chi connectivity index (χ4n) is 1.95. The van der Waals surface area contributed by atoms with Crippen LogP contribution in [0.3, 0.4) is 0 Å². The van der Waals surface area contributed by atoms with Crippen LogP contribution in [-0.2, 0) is 6.54 Å². The van der Waals surface area contributed by atoms with E-state index in [0.29, 0.717) is 13.2 Å². The highest BCUT2D eigenvalue weighted by Gasteiger charge is 2.16. The number of halogens is 2. The second-order valence-electron chi connectivity index (χ2n) is 4.16. The molecule has 1 N–H and O–H groups in total. The molecular weight excluding hydrogens is 226 g/mol. The number of alkyl halides is 2. The molecule has 0 fully saturated rings. The lowest BCUT2D eigenvalue weighted by Crippen LogP contribution is -2.25. The summed E-state index contributed by atoms with van der Waals surface area (Å²) in [5.74, 6) is 0.792. The number of rotatable bonds is 4. The first kappa shape index (κ1) is 12.1. The van der Waals surface area contributed by atoms with Crippen molar-refractivity contribution in [3.63, 3.8) is 0 Å². The van der Waals surface area contributed by atoms with Gasteiger partial charge in [0.15, 0.2) is 0 Å². The van der Waals surface area contributed by atoms with E-state index in [4.69, 9.17) is 4.74 Å². The van der Waals surface area contributed by atoms with Crippen molar-refractivity contribution >= 4 is 5.69 Å². The van der Waals surface area contributed by atoms with E-state index < -0.39 is 6.43 Å². The minimum atomic E-state index is -2.31. The molecule has 1 aromatic rings. The van der Waals surface area contributed by atoms with Crippen LogP contribution in [0.4, 0.5) is 14.5 Å². The van der Waals surface area contributed by atoms with E-state index in [-0.39, 0.29) is 6.54 Å². The molecule has 0 aromatic heterocycles. The maximum Gasteiger partial charge on any atom is 0.251 e. The standard InChI is InChI=1S/C12H16F2N2O/c1-16(8-11(13)14)7-9-3-2-4-10-12(9)17-6-5-15-10/h2-4,11,15H,5-8H2,1H3. The van der Waals surface area contributed by atoms with E-state index in [9.17, 15) is 8.78 Å². The average molecular weight is 242 g/mol. The molecule has 1 aliphatic heterocycles. The largest absolute Gasteiger partial charge is 0.489 e. The van der Waals surface area contributed by atoms with Crippen molar-refractivity contribution < 1.29 is 13.5 Å². The Balaban J connectivity index is 2.10. The number of benzene rings is 1. The van der Waals surface area contributed by atoms with Gasteiger partial charge in [-0.2, -0.15) is 0 Å². The van der Waals surface area contributed by atoms with Crippen LogP contribution in [-0.4, -0.2) is 38.1 Å². The third-order valence-electron chi connectivity index (χ3n) is 2.65. The van der Waals surface area contributed by atoms with Crippen LogP contribution >= 0.6 is 0 Å². The molecule has 0 atom stereocenters. The van der Waals surface area contributed by atoms with Crippen LogP contribution < -0.4 is 10.1 Å². The lowest BCUT2D eigenvalue weighted by Gasteiger charge is -2.24. The SMILES string of the molecule is CN(Cc1cccc2c1OCCN2)CC(F)F. The Morgan fingerprint density at radius 3 is 3.06 bits per heavy atom. The van der Waals surface area contributed by atoms with Crippen molar-refractivity contribution in [1.29, 1.82) is 0 Å². The summed E-state index contributed by atoms with van der Waals surface area (Å²) >= 11 is 0. The van der Waals surface area contributed by atoms with Gasteiger partial charge in [0, 0.05) is 18.7 Å². The zero-order valence-corrected chi connectivity index (χ0v) is 9.75. The summed E-state index contributed by atoms with van der Waals surface area (Å²) in [6.07, 6.45) is -2.31. The van der Waals surface area contributed by atoms with Crippen LogP contribution in [0.2, 0.25) is 0 Å². The molecule has 1 aliphatic rings. The first-order valence-electron chi connectivity index (χ1n) is 5.62. The zero-order valence-electron chi connectivity index (χ0n) is 9.75. The monoisotopic (exact) mass is 242 g/mol. The number of fused-ring (bicyclic) bond motifs is 1. The van der Waals surface area contributed by atoms with Crippen LogP contribution in [0, 0.1) is 0 Å². The highest BCUT2D eigenvalue weighted by atomic mass is 19.3. The van der Waals surface area contributed by atoms with Gasteiger partial charge in [0.1, 0.15) is 12.4 Å². The number of ether oxygens (including phenoxy) is 1. The number of nitrogens with zero attached hydrogens (tertiary/aromatic N) is 1. The van der Waals surface area contributed by atoms with Gasteiger partial charge in [-0.25, -0.2) is 8.78 Å². The highest BCUT2D eigenvalue weighted by Crippen LogP contribution is 2.31. The number of nitrogens with one attached hydrogen (secondary N) is 1. The lowest BCUT2D eigenvalue weighted by atomic mass is 10.1. The van der Waals surface area contributed by atoms with Gasteiger partial charge < -0.3 is 10.1 Å². The van der Waals surface area contributed by atoms with Gasteiger partial charge in [-0.1, -0.05) is 12.1 Å². The first-order valence-corrected chi connectivity index (χ1v) is 5.62. The predicted octanol–water partition coefficient (Wildman–Crippen LogP) is 2.19. The van der Waals surface area contributed by atoms with Gasteiger partial charge >= 0.3 is 0 Å². The maximum absolute atomic E-state index is 12.2. The van der Waals surface area contributed by atoms with Crippen molar-refractivity contribution in [2.75, 3.05) is 32.1 Å². The minimum absolute atomic E-state index is 0.225. The van der Waals surface area contributed by atoms with Gasteiger partial charge in [0.25, 0.3) is 6.43 Å². The smallest absolute Gasteiger partial charge is 0.251 e. The van der Waals surface area contributed by atoms with Crippen LogP contribution in [0.15, 0.2) is 18.2 Å². The summed E-state index contributed by atoms with van der Waals surface area (Å²) in [5, 5.41) is 3.23. The Labute approximate surface area is 99.4 Å². The van der Waals surface area contributed by atoms with E-state index in [0.717, 1.165) is 23.5 Å². The fourth-order valence-corrected chi connectivity index (χ4v) is 1.95. The normalized spacial score (nSPS) is 14.4. The molecule has 5 heteroatoms. The summed E-state index contributed by atoms with van der Waals surface area (Å²) in [5.41, 5.74) is 1.89. The Bertz CT molecular complexity index is 385. The van der Waals surface area contributed by atoms with Gasteiger partial charge in [-0.15, -0.1) is 0 Å². The van der Waals surface area contributed by atoms with Crippen LogP contribution in [0.25, 0.3) is 0 Å². The van der Waals surface area contributed by atoms with E-state index in [1.54, 1.807) is 11.9 Å².